The maximum atomic E-state index is 12.4. The molecule has 0 saturated carbocycles. The molecule has 5 heteroatoms. The predicted octanol–water partition coefficient (Wildman–Crippen LogP) is 2.20. The number of hydrogen-bond donors (Lipinski definition) is 3. The van der Waals surface area contributed by atoms with Crippen molar-refractivity contribution in [1.29, 1.82) is 0 Å². The fourth-order valence-electron chi connectivity index (χ4n) is 3.09. The van der Waals surface area contributed by atoms with Gasteiger partial charge in [-0.3, -0.25) is 4.79 Å². The van der Waals surface area contributed by atoms with Crippen molar-refractivity contribution in [2.45, 2.75) is 46.5 Å². The third-order valence-electron chi connectivity index (χ3n) is 4.63. The molecule has 1 amide bonds. The van der Waals surface area contributed by atoms with E-state index in [1.54, 1.807) is 0 Å². The topological polar surface area (TPSA) is 69.6 Å². The van der Waals surface area contributed by atoms with E-state index in [0.717, 1.165) is 33.4 Å². The Morgan fingerprint density at radius 1 is 1.04 bits per heavy atom. The van der Waals surface area contributed by atoms with Crippen molar-refractivity contribution in [1.82, 2.24) is 5.32 Å². The van der Waals surface area contributed by atoms with Crippen LogP contribution in [0.15, 0.2) is 36.4 Å². The van der Waals surface area contributed by atoms with Gasteiger partial charge in [0.2, 0.25) is 5.91 Å². The molecular weight excluding hydrogens is 313 g/mol. The van der Waals surface area contributed by atoms with Gasteiger partial charge in [0.15, 0.2) is 0 Å². The van der Waals surface area contributed by atoms with Gasteiger partial charge in [-0.05, 0) is 61.9 Å². The third kappa shape index (κ3) is 5.18. The van der Waals surface area contributed by atoms with Crippen LogP contribution in [0.25, 0.3) is 0 Å². The average molecular weight is 339 g/mol. The summed E-state index contributed by atoms with van der Waals surface area (Å²) in [6.45, 7) is 7.95. The molecule has 0 aliphatic heterocycles. The number of hydrogen-bond acceptors (Lipinski definition) is 3. The van der Waals surface area contributed by atoms with E-state index in [2.05, 4.69) is 11.4 Å². The largest absolute Gasteiger partial charge is 0.475 e. The molecule has 132 valence electrons. The number of carbonyl (C=O) groups excluding carboxylic acids is 1. The maximum absolute atomic E-state index is 12.4. The van der Waals surface area contributed by atoms with E-state index in [4.69, 9.17) is 0 Å². The monoisotopic (exact) mass is 339 g/mol. The predicted molar refractivity (Wildman–Crippen MR) is 101 cm³/mol. The minimum absolute atomic E-state index is 0.208. The van der Waals surface area contributed by atoms with Crippen LogP contribution in [0.1, 0.15) is 33.4 Å². The average Bonchev–Trinajstić information content (AvgIpc) is 2.52. The number of carbonyl (C=O) groups is 1. The molecule has 2 aromatic rings. The molecule has 0 aliphatic rings. The van der Waals surface area contributed by atoms with E-state index >= 15 is 0 Å². The van der Waals surface area contributed by atoms with E-state index in [1.807, 2.05) is 58.0 Å². The number of rotatable bonds is 6. The van der Waals surface area contributed by atoms with Crippen molar-refractivity contribution in [2.75, 3.05) is 0 Å². The molecule has 4 nitrogen and oxygen atoms in total. The lowest BCUT2D eigenvalue weighted by Gasteiger charge is -2.20. The maximum Gasteiger partial charge on any atom is 0.475 e. The molecule has 25 heavy (non-hydrogen) atoms. The van der Waals surface area contributed by atoms with Crippen molar-refractivity contribution in [2.24, 2.45) is 0 Å². The summed E-state index contributed by atoms with van der Waals surface area (Å²) in [4.78, 5) is 12.4. The van der Waals surface area contributed by atoms with Crippen LogP contribution in [-0.4, -0.2) is 29.0 Å². The van der Waals surface area contributed by atoms with Crippen molar-refractivity contribution >= 4 is 13.0 Å². The molecule has 1 atom stereocenters. The molecule has 0 saturated heterocycles. The lowest BCUT2D eigenvalue weighted by Crippen LogP contribution is -2.48. The van der Waals surface area contributed by atoms with E-state index < -0.39 is 13.1 Å². The molecule has 0 aliphatic carbocycles. The second-order valence-electron chi connectivity index (χ2n) is 6.77. The molecule has 0 fully saturated rings. The highest BCUT2D eigenvalue weighted by atomic mass is 16.4. The second-order valence-corrected chi connectivity index (χ2v) is 6.77. The standard InChI is InChI=1S/C20H26BNO3/c1-13-8-9-17(16(4)10-13)11-19(21(24)25)22-20(23)12-18-14(2)6-5-7-15(18)3/h5-10,19,24-25H,11-12H2,1-4H3,(H,22,23). The summed E-state index contributed by atoms with van der Waals surface area (Å²) in [6, 6.07) is 11.9. The number of benzene rings is 2. The Kier molecular flexibility index (Phi) is 6.40. The highest BCUT2D eigenvalue weighted by molar-refractivity contribution is 6.43. The Hall–Kier alpha value is -2.11. The Morgan fingerprint density at radius 2 is 1.68 bits per heavy atom. The quantitative estimate of drug-likeness (QED) is 0.707. The zero-order valence-corrected chi connectivity index (χ0v) is 15.3. The zero-order valence-electron chi connectivity index (χ0n) is 15.3. The normalized spacial score (nSPS) is 11.9. The van der Waals surface area contributed by atoms with Crippen LogP contribution in [0, 0.1) is 27.7 Å². The molecule has 0 heterocycles. The summed E-state index contributed by atoms with van der Waals surface area (Å²) in [6.07, 6.45) is 0.608. The van der Waals surface area contributed by atoms with Crippen molar-refractivity contribution in [3.8, 4) is 0 Å². The van der Waals surface area contributed by atoms with Crippen molar-refractivity contribution < 1.29 is 14.8 Å². The van der Waals surface area contributed by atoms with E-state index in [9.17, 15) is 14.8 Å². The summed E-state index contributed by atoms with van der Waals surface area (Å²) in [5.41, 5.74) is 6.33. The summed E-state index contributed by atoms with van der Waals surface area (Å²) in [7, 11) is -1.61. The van der Waals surface area contributed by atoms with Crippen LogP contribution in [0.2, 0.25) is 0 Å². The summed E-state index contributed by atoms with van der Waals surface area (Å²) >= 11 is 0. The summed E-state index contributed by atoms with van der Waals surface area (Å²) < 4.78 is 0. The SMILES string of the molecule is Cc1ccc(CC(NC(=O)Cc2c(C)cccc2C)B(O)O)c(C)c1. The minimum atomic E-state index is -1.61. The van der Waals surface area contributed by atoms with Gasteiger partial charge in [0.25, 0.3) is 0 Å². The van der Waals surface area contributed by atoms with E-state index in [-0.39, 0.29) is 12.3 Å². The molecule has 0 spiro atoms. The van der Waals surface area contributed by atoms with Crippen LogP contribution < -0.4 is 5.32 Å². The smallest absolute Gasteiger partial charge is 0.426 e. The van der Waals surface area contributed by atoms with Gasteiger partial charge < -0.3 is 15.4 Å². The van der Waals surface area contributed by atoms with Gasteiger partial charge in [0, 0.05) is 0 Å². The van der Waals surface area contributed by atoms with Crippen LogP contribution in [-0.2, 0) is 17.6 Å². The van der Waals surface area contributed by atoms with Gasteiger partial charge in [-0.15, -0.1) is 0 Å². The first-order valence-corrected chi connectivity index (χ1v) is 8.54. The summed E-state index contributed by atoms with van der Waals surface area (Å²) in [5, 5.41) is 22.1. The van der Waals surface area contributed by atoms with Gasteiger partial charge in [-0.1, -0.05) is 42.0 Å². The molecule has 0 bridgehead atoms. The van der Waals surface area contributed by atoms with E-state index in [1.165, 1.54) is 0 Å². The number of amides is 1. The molecule has 1 unspecified atom stereocenters. The molecule has 0 radical (unpaired) electrons. The first-order valence-electron chi connectivity index (χ1n) is 8.54. The molecule has 0 aromatic heterocycles. The minimum Gasteiger partial charge on any atom is -0.426 e. The first-order chi connectivity index (χ1) is 11.8. The second kappa shape index (κ2) is 8.32. The third-order valence-corrected chi connectivity index (χ3v) is 4.63. The summed E-state index contributed by atoms with van der Waals surface area (Å²) in [5.74, 6) is -0.946. The molecular formula is C20H26BNO3. The Morgan fingerprint density at radius 3 is 2.24 bits per heavy atom. The van der Waals surface area contributed by atoms with Gasteiger partial charge in [0.05, 0.1) is 12.4 Å². The number of nitrogens with one attached hydrogen (secondary N) is 1. The van der Waals surface area contributed by atoms with Gasteiger partial charge >= 0.3 is 7.12 Å². The van der Waals surface area contributed by atoms with Gasteiger partial charge in [-0.2, -0.15) is 0 Å². The van der Waals surface area contributed by atoms with Crippen LogP contribution in [0.4, 0.5) is 0 Å². The van der Waals surface area contributed by atoms with E-state index in [0.29, 0.717) is 6.42 Å². The van der Waals surface area contributed by atoms with Crippen LogP contribution in [0.5, 0.6) is 0 Å². The van der Waals surface area contributed by atoms with Gasteiger partial charge in [-0.25, -0.2) is 0 Å². The number of aryl methyl sites for hydroxylation is 4. The van der Waals surface area contributed by atoms with Crippen LogP contribution in [0.3, 0.4) is 0 Å². The highest BCUT2D eigenvalue weighted by Gasteiger charge is 2.26. The highest BCUT2D eigenvalue weighted by Crippen LogP contribution is 2.15. The molecule has 2 rings (SSSR count). The first kappa shape index (κ1) is 19.2. The zero-order chi connectivity index (χ0) is 18.6. The van der Waals surface area contributed by atoms with Gasteiger partial charge in [0.1, 0.15) is 0 Å². The fourth-order valence-corrected chi connectivity index (χ4v) is 3.09. The molecule has 3 N–H and O–H groups in total. The fraction of sp³-hybridized carbons (Fsp3) is 0.350. The Balaban J connectivity index is 2.09. The Labute approximate surface area is 150 Å². The van der Waals surface area contributed by atoms with Crippen LogP contribution >= 0.6 is 0 Å². The van der Waals surface area contributed by atoms with Crippen molar-refractivity contribution in [3.05, 3.63) is 69.8 Å². The lowest BCUT2D eigenvalue weighted by molar-refractivity contribution is -0.120. The lowest BCUT2D eigenvalue weighted by atomic mass is 9.75. The Bertz CT molecular complexity index is 738. The van der Waals surface area contributed by atoms with Crippen molar-refractivity contribution in [3.63, 3.8) is 0 Å². The molecule has 2 aromatic carbocycles.